The first-order valence-corrected chi connectivity index (χ1v) is 10.5. The number of rotatable bonds is 1. The van der Waals surface area contributed by atoms with Crippen LogP contribution in [0, 0.1) is 5.82 Å². The molecule has 1 atom stereocenters. The Labute approximate surface area is 179 Å². The largest absolute Gasteiger partial charge is 0.502 e. The van der Waals surface area contributed by atoms with Crippen molar-refractivity contribution >= 4 is 29.3 Å². The van der Waals surface area contributed by atoms with Gasteiger partial charge >= 0.3 is 0 Å². The minimum Gasteiger partial charge on any atom is -0.502 e. The van der Waals surface area contributed by atoms with Crippen LogP contribution in [0.1, 0.15) is 33.2 Å². The van der Waals surface area contributed by atoms with Gasteiger partial charge in [-0.25, -0.2) is 4.39 Å². The molecule has 0 fully saturated rings. The summed E-state index contributed by atoms with van der Waals surface area (Å²) in [6, 6.07) is 11.1. The van der Waals surface area contributed by atoms with Crippen molar-refractivity contribution in [3.63, 3.8) is 0 Å². The smallest absolute Gasteiger partial charge is 0.275 e. The number of nitrogens with one attached hydrogen (secondary N) is 1. The molecule has 2 N–H and O–H groups in total. The summed E-state index contributed by atoms with van der Waals surface area (Å²) >= 11 is 7.93. The Kier molecular flexibility index (Phi) is 4.48. The molecular formula is C21H15ClFN3O3S. The number of carbonyl (C=O) groups excluding carboxylic acids is 1. The zero-order valence-electron chi connectivity index (χ0n) is 15.4. The summed E-state index contributed by atoms with van der Waals surface area (Å²) in [6.07, 6.45) is 1.44. The van der Waals surface area contributed by atoms with Gasteiger partial charge in [0, 0.05) is 28.5 Å². The second-order valence-corrected chi connectivity index (χ2v) is 8.38. The Morgan fingerprint density at radius 3 is 2.73 bits per heavy atom. The molecule has 3 heterocycles. The van der Waals surface area contributed by atoms with Crippen LogP contribution in [-0.4, -0.2) is 22.4 Å². The number of carbonyl (C=O) groups is 1. The second-order valence-electron chi connectivity index (χ2n) is 6.98. The summed E-state index contributed by atoms with van der Waals surface area (Å²) in [5.74, 6) is -1.11. The quantitative estimate of drug-likeness (QED) is 0.603. The maximum atomic E-state index is 14.8. The van der Waals surface area contributed by atoms with E-state index in [4.69, 9.17) is 11.6 Å². The average molecular weight is 444 g/mol. The highest BCUT2D eigenvalue weighted by molar-refractivity contribution is 7.98. The molecule has 0 spiro atoms. The number of thioether (sulfide) groups is 1. The van der Waals surface area contributed by atoms with E-state index in [1.165, 1.54) is 34.8 Å². The molecule has 1 aromatic heterocycles. The van der Waals surface area contributed by atoms with E-state index in [1.807, 2.05) is 18.2 Å². The van der Waals surface area contributed by atoms with Crippen LogP contribution < -0.4 is 15.8 Å². The predicted molar refractivity (Wildman–Crippen MR) is 112 cm³/mol. The molecule has 152 valence electrons. The molecule has 0 bridgehead atoms. The average Bonchev–Trinajstić information content (AvgIpc) is 2.90. The van der Waals surface area contributed by atoms with Gasteiger partial charge in [-0.05, 0) is 23.3 Å². The van der Waals surface area contributed by atoms with E-state index in [-0.39, 0.29) is 18.2 Å². The highest BCUT2D eigenvalue weighted by atomic mass is 35.5. The molecule has 0 unspecified atom stereocenters. The summed E-state index contributed by atoms with van der Waals surface area (Å²) < 4.78 is 16.2. The molecule has 30 heavy (non-hydrogen) atoms. The molecule has 6 nitrogen and oxygen atoms in total. The van der Waals surface area contributed by atoms with Crippen molar-refractivity contribution < 1.29 is 14.3 Å². The Balaban J connectivity index is 1.80. The van der Waals surface area contributed by atoms with Gasteiger partial charge < -0.3 is 10.4 Å². The summed E-state index contributed by atoms with van der Waals surface area (Å²) in [6.45, 7) is 0.0887. The number of aromatic nitrogens is 1. The van der Waals surface area contributed by atoms with E-state index in [1.54, 1.807) is 17.1 Å². The van der Waals surface area contributed by atoms with Crippen molar-refractivity contribution in [3.05, 3.63) is 92.1 Å². The van der Waals surface area contributed by atoms with Gasteiger partial charge in [0.25, 0.3) is 5.91 Å². The summed E-state index contributed by atoms with van der Waals surface area (Å²) in [4.78, 5) is 25.2. The lowest BCUT2D eigenvalue weighted by Gasteiger charge is -2.40. The van der Waals surface area contributed by atoms with Crippen LogP contribution in [0.2, 0.25) is 5.02 Å². The summed E-state index contributed by atoms with van der Waals surface area (Å²) in [5.41, 5.74) is 1.31. The lowest BCUT2D eigenvalue weighted by Crippen LogP contribution is -2.53. The van der Waals surface area contributed by atoms with Crippen LogP contribution >= 0.6 is 23.4 Å². The highest BCUT2D eigenvalue weighted by Crippen LogP contribution is 2.45. The minimum absolute atomic E-state index is 0.0887. The number of nitrogens with zero attached hydrogens (tertiary/aromatic N) is 2. The third-order valence-corrected chi connectivity index (χ3v) is 6.95. The number of pyridine rings is 1. The van der Waals surface area contributed by atoms with Crippen molar-refractivity contribution in [1.29, 1.82) is 0 Å². The van der Waals surface area contributed by atoms with Gasteiger partial charge in [0.1, 0.15) is 12.5 Å². The van der Waals surface area contributed by atoms with Gasteiger partial charge in [0.2, 0.25) is 5.43 Å². The number of halogens is 2. The summed E-state index contributed by atoms with van der Waals surface area (Å²) in [7, 11) is 0. The van der Waals surface area contributed by atoms with Gasteiger partial charge in [-0.3, -0.25) is 19.3 Å². The van der Waals surface area contributed by atoms with E-state index in [9.17, 15) is 19.1 Å². The van der Waals surface area contributed by atoms with Crippen LogP contribution in [-0.2, 0) is 5.75 Å². The molecule has 9 heteroatoms. The van der Waals surface area contributed by atoms with Crippen molar-refractivity contribution in [2.24, 2.45) is 0 Å². The van der Waals surface area contributed by atoms with E-state index in [2.05, 4.69) is 5.32 Å². The normalized spacial score (nSPS) is 17.5. The van der Waals surface area contributed by atoms with Crippen LogP contribution in [0.3, 0.4) is 0 Å². The second kappa shape index (κ2) is 7.07. The predicted octanol–water partition coefficient (Wildman–Crippen LogP) is 3.38. The van der Waals surface area contributed by atoms with Crippen LogP contribution in [0.15, 0.2) is 58.4 Å². The van der Waals surface area contributed by atoms with Crippen LogP contribution in [0.25, 0.3) is 0 Å². The molecule has 0 aliphatic carbocycles. The lowest BCUT2D eigenvalue weighted by atomic mass is 9.94. The minimum atomic E-state index is -0.649. The van der Waals surface area contributed by atoms with Crippen LogP contribution in [0.4, 0.5) is 4.39 Å². The Bertz CT molecular complexity index is 1210. The number of hydrogen-bond donors (Lipinski definition) is 2. The maximum Gasteiger partial charge on any atom is 0.275 e. The number of benzene rings is 2. The topological polar surface area (TPSA) is 74.6 Å². The zero-order valence-corrected chi connectivity index (χ0v) is 17.0. The van der Waals surface area contributed by atoms with E-state index in [0.29, 0.717) is 16.3 Å². The fourth-order valence-corrected chi connectivity index (χ4v) is 5.47. The van der Waals surface area contributed by atoms with Gasteiger partial charge in [0.05, 0.1) is 11.1 Å². The molecule has 5 rings (SSSR count). The van der Waals surface area contributed by atoms with Gasteiger partial charge in [0.15, 0.2) is 11.4 Å². The highest BCUT2D eigenvalue weighted by Gasteiger charge is 2.36. The lowest BCUT2D eigenvalue weighted by molar-refractivity contribution is 0.0915. The number of amides is 1. The SMILES string of the molecule is O=C1NCN([C@@H]2c3cccc(F)c3CSc3c(Cl)cccc32)n2ccc(=O)c(O)c21. The number of hydrogen-bond acceptors (Lipinski definition) is 5. The molecular weight excluding hydrogens is 429 g/mol. The zero-order chi connectivity index (χ0) is 21.0. The van der Waals surface area contributed by atoms with Gasteiger partial charge in [-0.15, -0.1) is 11.8 Å². The van der Waals surface area contributed by atoms with Gasteiger partial charge in [-0.1, -0.05) is 35.9 Å². The Hall–Kier alpha value is -2.97. The molecule has 0 saturated carbocycles. The first kappa shape index (κ1) is 19.0. The van der Waals surface area contributed by atoms with Crippen molar-refractivity contribution in [3.8, 4) is 5.75 Å². The first-order chi connectivity index (χ1) is 14.5. The van der Waals surface area contributed by atoms with Crippen molar-refractivity contribution in [1.82, 2.24) is 9.99 Å². The fraction of sp³-hybridized carbons (Fsp3) is 0.143. The third-order valence-electron chi connectivity index (χ3n) is 5.35. The summed E-state index contributed by atoms with van der Waals surface area (Å²) in [5, 5.41) is 15.3. The first-order valence-electron chi connectivity index (χ1n) is 9.15. The van der Waals surface area contributed by atoms with E-state index in [0.717, 1.165) is 16.0 Å². The van der Waals surface area contributed by atoms with E-state index < -0.39 is 23.1 Å². The number of fused-ring (bicyclic) bond motifs is 3. The molecule has 1 amide bonds. The van der Waals surface area contributed by atoms with Crippen molar-refractivity contribution in [2.75, 3.05) is 11.7 Å². The maximum absolute atomic E-state index is 14.8. The van der Waals surface area contributed by atoms with Gasteiger partial charge in [-0.2, -0.15) is 0 Å². The standard InChI is InChI=1S/C21H15ClFN3O3S/c22-14-5-1-4-12-17(11-3-2-6-15(23)13(11)9-30-20(12)14)26-10-24-21(29)18-19(28)16(27)7-8-25(18)26/h1-8,17,28H,9-10H2,(H,24,29)/t17-/m1/s1. The molecule has 2 aromatic carbocycles. The fourth-order valence-electron chi connectivity index (χ4n) is 3.98. The Morgan fingerprint density at radius 1 is 1.13 bits per heavy atom. The van der Waals surface area contributed by atoms with E-state index >= 15 is 0 Å². The number of aromatic hydroxyl groups is 1. The Morgan fingerprint density at radius 2 is 1.90 bits per heavy atom. The van der Waals surface area contributed by atoms with Crippen LogP contribution in [0.5, 0.6) is 5.75 Å². The molecule has 3 aromatic rings. The third kappa shape index (κ3) is 2.79. The molecule has 0 saturated heterocycles. The molecule has 2 aliphatic heterocycles. The van der Waals surface area contributed by atoms with Crippen molar-refractivity contribution in [2.45, 2.75) is 16.7 Å². The monoisotopic (exact) mass is 443 g/mol. The molecule has 2 aliphatic rings. The molecule has 0 radical (unpaired) electrons.